The smallest absolute Gasteiger partial charge is 0.254 e. The zero-order valence-corrected chi connectivity index (χ0v) is 21.1. The topological polar surface area (TPSA) is 26.8 Å². The Morgan fingerprint density at radius 3 is 2.50 bits per heavy atom. The van der Waals surface area contributed by atoms with Crippen LogP contribution >= 0.6 is 11.8 Å². The van der Waals surface area contributed by atoms with E-state index < -0.39 is 0 Å². The van der Waals surface area contributed by atoms with Gasteiger partial charge in [0.1, 0.15) is 0 Å². The number of thioether (sulfide) groups is 1. The Morgan fingerprint density at radius 1 is 0.941 bits per heavy atom. The van der Waals surface area contributed by atoms with Gasteiger partial charge in [-0.15, -0.1) is 11.8 Å². The molecule has 3 aromatic rings. The average molecular weight is 474 g/mol. The molecule has 0 radical (unpaired) electrons. The van der Waals surface area contributed by atoms with Gasteiger partial charge in [-0.25, -0.2) is 0 Å². The van der Waals surface area contributed by atoms with Crippen molar-refractivity contribution in [2.24, 2.45) is 0 Å². The first-order chi connectivity index (χ1) is 16.6. The highest BCUT2D eigenvalue weighted by Crippen LogP contribution is 2.26. The molecule has 4 nitrogen and oxygen atoms in total. The zero-order chi connectivity index (χ0) is 23.5. The van der Waals surface area contributed by atoms with E-state index in [1.165, 1.54) is 10.5 Å². The van der Waals surface area contributed by atoms with Gasteiger partial charge in [0.15, 0.2) is 0 Å². The number of carbonyl (C=O) groups excluding carboxylic acids is 1. The van der Waals surface area contributed by atoms with Crippen molar-refractivity contribution in [2.75, 3.05) is 38.6 Å². The Balaban J connectivity index is 1.13. The Morgan fingerprint density at radius 2 is 1.71 bits per heavy atom. The van der Waals surface area contributed by atoms with Gasteiger partial charge in [-0.05, 0) is 55.7 Å². The predicted molar refractivity (Wildman–Crippen MR) is 143 cm³/mol. The number of hydrogen-bond donors (Lipinski definition) is 0. The van der Waals surface area contributed by atoms with Gasteiger partial charge in [-0.2, -0.15) is 0 Å². The quantitative estimate of drug-likeness (QED) is 0.457. The fourth-order valence-corrected chi connectivity index (χ4v) is 6.57. The summed E-state index contributed by atoms with van der Waals surface area (Å²) in [7, 11) is 0. The maximum absolute atomic E-state index is 13.3. The Labute approximate surface area is 207 Å². The molecule has 3 aromatic carbocycles. The van der Waals surface area contributed by atoms with Crippen LogP contribution < -0.4 is 0 Å². The van der Waals surface area contributed by atoms with E-state index in [4.69, 9.17) is 0 Å². The zero-order valence-electron chi connectivity index (χ0n) is 20.3. The first kappa shape index (κ1) is 23.4. The fraction of sp³-hybridized carbons (Fsp3) is 0.414. The third-order valence-corrected chi connectivity index (χ3v) is 8.52. The molecule has 1 atom stereocenters. The molecule has 1 amide bonds. The van der Waals surface area contributed by atoms with Crippen molar-refractivity contribution in [2.45, 2.75) is 43.7 Å². The van der Waals surface area contributed by atoms with Crippen molar-refractivity contribution in [1.29, 1.82) is 0 Å². The van der Waals surface area contributed by atoms with Gasteiger partial charge in [0.25, 0.3) is 5.91 Å². The minimum absolute atomic E-state index is 0.182. The standard InChI is InChI=1S/C29H35N3OS/c1-22-7-5-10-26(19-22)34-21-32-18-17-31(20-23(32)2)25-13-15-30(16-14-25)29(33)28-12-6-9-24-8-3-4-11-27(24)28/h3-12,19,23,25H,13-18,20-21H2,1-2H3/t23-/m1/s1. The number of hydrogen-bond acceptors (Lipinski definition) is 4. The monoisotopic (exact) mass is 473 g/mol. The number of piperazine rings is 1. The molecule has 0 aliphatic carbocycles. The van der Waals surface area contributed by atoms with Crippen molar-refractivity contribution in [1.82, 2.24) is 14.7 Å². The molecule has 178 valence electrons. The number of aryl methyl sites for hydroxylation is 1. The summed E-state index contributed by atoms with van der Waals surface area (Å²) >= 11 is 1.95. The lowest BCUT2D eigenvalue weighted by atomic mass is 9.99. The minimum atomic E-state index is 0.182. The van der Waals surface area contributed by atoms with Crippen LogP contribution in [0, 0.1) is 6.92 Å². The van der Waals surface area contributed by atoms with Crippen molar-refractivity contribution in [3.05, 3.63) is 77.9 Å². The second-order valence-electron chi connectivity index (χ2n) is 9.80. The molecular formula is C29H35N3OS. The summed E-state index contributed by atoms with van der Waals surface area (Å²) in [6, 6.07) is 24.2. The van der Waals surface area contributed by atoms with E-state index >= 15 is 0 Å². The summed E-state index contributed by atoms with van der Waals surface area (Å²) < 4.78 is 0. The third kappa shape index (κ3) is 5.17. The van der Waals surface area contributed by atoms with Gasteiger partial charge in [-0.1, -0.05) is 54.1 Å². The molecule has 0 aromatic heterocycles. The highest BCUT2D eigenvalue weighted by molar-refractivity contribution is 7.99. The van der Waals surface area contributed by atoms with E-state index in [1.807, 2.05) is 36.0 Å². The van der Waals surface area contributed by atoms with E-state index in [0.29, 0.717) is 12.1 Å². The number of carbonyl (C=O) groups is 1. The van der Waals surface area contributed by atoms with Crippen LogP contribution in [0.4, 0.5) is 0 Å². The summed E-state index contributed by atoms with van der Waals surface area (Å²) in [5.41, 5.74) is 2.16. The molecule has 2 heterocycles. The van der Waals surface area contributed by atoms with Crippen molar-refractivity contribution < 1.29 is 4.79 Å². The molecule has 34 heavy (non-hydrogen) atoms. The van der Waals surface area contributed by atoms with Crippen LogP contribution in [0.1, 0.15) is 35.7 Å². The SMILES string of the molecule is Cc1cccc(SCN2CCN(C3CCN(C(=O)c4cccc5ccccc45)CC3)C[C@H]2C)c1. The molecule has 2 aliphatic heterocycles. The van der Waals surface area contributed by atoms with E-state index in [1.54, 1.807) is 0 Å². The number of nitrogens with zero attached hydrogens (tertiary/aromatic N) is 3. The number of benzene rings is 3. The third-order valence-electron chi connectivity index (χ3n) is 7.47. The molecular weight excluding hydrogens is 438 g/mol. The van der Waals surface area contributed by atoms with Gasteiger partial charge in [0.2, 0.25) is 0 Å². The molecule has 0 saturated carbocycles. The first-order valence-corrected chi connectivity index (χ1v) is 13.5. The van der Waals surface area contributed by atoms with Crippen molar-refractivity contribution >= 4 is 28.4 Å². The molecule has 0 N–H and O–H groups in total. The van der Waals surface area contributed by atoms with E-state index in [2.05, 4.69) is 71.0 Å². The number of fused-ring (bicyclic) bond motifs is 1. The highest BCUT2D eigenvalue weighted by Gasteiger charge is 2.32. The molecule has 0 spiro atoms. The second kappa shape index (κ2) is 10.5. The summed E-state index contributed by atoms with van der Waals surface area (Å²) in [4.78, 5) is 22.0. The largest absolute Gasteiger partial charge is 0.339 e. The number of amides is 1. The van der Waals surface area contributed by atoms with Crippen molar-refractivity contribution in [3.8, 4) is 0 Å². The van der Waals surface area contributed by atoms with Crippen LogP contribution in [0.25, 0.3) is 10.8 Å². The minimum Gasteiger partial charge on any atom is -0.339 e. The van der Waals surface area contributed by atoms with Crippen LogP contribution in [0.15, 0.2) is 71.6 Å². The van der Waals surface area contributed by atoms with Crippen LogP contribution in [0.5, 0.6) is 0 Å². The van der Waals surface area contributed by atoms with Crippen LogP contribution in [0.3, 0.4) is 0 Å². The Kier molecular flexibility index (Phi) is 7.23. The fourth-order valence-electron chi connectivity index (χ4n) is 5.43. The summed E-state index contributed by atoms with van der Waals surface area (Å²) in [5, 5.41) is 2.20. The maximum Gasteiger partial charge on any atom is 0.254 e. The van der Waals surface area contributed by atoms with E-state index in [9.17, 15) is 4.79 Å². The molecule has 2 aliphatic rings. The predicted octanol–water partition coefficient (Wildman–Crippen LogP) is 5.51. The Hall–Kier alpha value is -2.34. The van der Waals surface area contributed by atoms with E-state index in [-0.39, 0.29) is 5.91 Å². The molecule has 0 bridgehead atoms. The second-order valence-corrected chi connectivity index (χ2v) is 10.8. The van der Waals surface area contributed by atoms with Crippen LogP contribution in [-0.4, -0.2) is 71.3 Å². The summed E-state index contributed by atoms with van der Waals surface area (Å²) in [6.07, 6.45) is 2.14. The highest BCUT2D eigenvalue weighted by atomic mass is 32.2. The van der Waals surface area contributed by atoms with Crippen LogP contribution in [-0.2, 0) is 0 Å². The number of likely N-dealkylation sites (tertiary alicyclic amines) is 1. The average Bonchev–Trinajstić information content (AvgIpc) is 2.87. The molecule has 2 saturated heterocycles. The van der Waals surface area contributed by atoms with Gasteiger partial charge < -0.3 is 4.90 Å². The molecule has 5 heteroatoms. The normalized spacial score (nSPS) is 20.6. The Bertz CT molecular complexity index is 1140. The van der Waals surface area contributed by atoms with Gasteiger partial charge >= 0.3 is 0 Å². The van der Waals surface area contributed by atoms with Gasteiger partial charge in [0, 0.05) is 61.1 Å². The lowest BCUT2D eigenvalue weighted by molar-refractivity contribution is 0.0357. The van der Waals surface area contributed by atoms with Gasteiger partial charge in [0.05, 0.1) is 0 Å². The van der Waals surface area contributed by atoms with Crippen molar-refractivity contribution in [3.63, 3.8) is 0 Å². The maximum atomic E-state index is 13.3. The lowest BCUT2D eigenvalue weighted by Gasteiger charge is -2.45. The van der Waals surface area contributed by atoms with E-state index in [0.717, 1.165) is 67.8 Å². The number of piperidine rings is 1. The van der Waals surface area contributed by atoms with Crippen LogP contribution in [0.2, 0.25) is 0 Å². The lowest BCUT2D eigenvalue weighted by Crippen LogP contribution is -2.56. The molecule has 5 rings (SSSR count). The summed E-state index contributed by atoms with van der Waals surface area (Å²) in [5.74, 6) is 1.23. The molecule has 2 fully saturated rings. The first-order valence-electron chi connectivity index (χ1n) is 12.5. The molecule has 0 unspecified atom stereocenters. The van der Waals surface area contributed by atoms with Gasteiger partial charge in [-0.3, -0.25) is 14.6 Å². The summed E-state index contributed by atoms with van der Waals surface area (Å²) in [6.45, 7) is 9.59. The number of rotatable bonds is 5.